The molecule has 1 aliphatic heterocycles. The summed E-state index contributed by atoms with van der Waals surface area (Å²) in [6, 6.07) is 6.31. The number of oxime groups is 1. The molecule has 2 atom stereocenters. The monoisotopic (exact) mass is 329 g/mol. The number of amides is 1. The molecule has 0 spiro atoms. The van der Waals surface area contributed by atoms with Crippen LogP contribution in [-0.4, -0.2) is 28.7 Å². The second kappa shape index (κ2) is 6.27. The molecule has 1 N–H and O–H groups in total. The summed E-state index contributed by atoms with van der Waals surface area (Å²) in [5.74, 6) is -0.866. The van der Waals surface area contributed by atoms with E-state index >= 15 is 0 Å². The summed E-state index contributed by atoms with van der Waals surface area (Å²) in [5.41, 5.74) is 1.95. The Labute approximate surface area is 137 Å². The molecule has 2 unspecified atom stereocenters. The first-order chi connectivity index (χ1) is 11.5. The maximum absolute atomic E-state index is 14.5. The van der Waals surface area contributed by atoms with Gasteiger partial charge in [0.15, 0.2) is 6.29 Å². The third-order valence-corrected chi connectivity index (χ3v) is 3.87. The van der Waals surface area contributed by atoms with E-state index in [1.165, 1.54) is 13.0 Å². The minimum atomic E-state index is -0.556. The van der Waals surface area contributed by atoms with E-state index in [1.807, 2.05) is 6.92 Å². The van der Waals surface area contributed by atoms with Crippen molar-refractivity contribution in [1.82, 2.24) is 9.88 Å². The Morgan fingerprint density at radius 3 is 2.83 bits per heavy atom. The fraction of sp³-hybridized carbons (Fsp3) is 0.235. The number of halogens is 1. The number of aromatic nitrogens is 1. The van der Waals surface area contributed by atoms with Crippen molar-refractivity contribution in [1.29, 1.82) is 0 Å². The molecule has 7 heteroatoms. The molecule has 1 amide bonds. The summed E-state index contributed by atoms with van der Waals surface area (Å²) >= 11 is 0. The molecule has 2 heterocycles. The average molecular weight is 329 g/mol. The zero-order valence-corrected chi connectivity index (χ0v) is 13.2. The molecule has 0 bridgehead atoms. The summed E-state index contributed by atoms with van der Waals surface area (Å²) < 4.78 is 16.0. The lowest BCUT2D eigenvalue weighted by Crippen LogP contribution is -2.38. The quantitative estimate of drug-likeness (QED) is 0.875. The Bertz CT molecular complexity index is 828. The van der Waals surface area contributed by atoms with Crippen molar-refractivity contribution in [3.05, 3.63) is 53.6 Å². The lowest BCUT2D eigenvalue weighted by Gasteiger charge is -2.15. The van der Waals surface area contributed by atoms with Crippen LogP contribution in [0.3, 0.4) is 0 Å². The van der Waals surface area contributed by atoms with Gasteiger partial charge in [-0.1, -0.05) is 18.1 Å². The lowest BCUT2D eigenvalue weighted by atomic mass is 9.97. The molecule has 0 saturated carbocycles. The van der Waals surface area contributed by atoms with E-state index in [-0.39, 0.29) is 11.8 Å². The van der Waals surface area contributed by atoms with Gasteiger partial charge in [0.05, 0.1) is 17.3 Å². The fourth-order valence-corrected chi connectivity index (χ4v) is 2.61. The standard InChI is InChI=1S/C17H16FN3O3/c1-10-16(20-24-17(10)19-11(2)23)13-3-4-15(14(18)7-13)21-6-5-12(8-21)9-22/h3-10,17H,1-2H3,(H,19,23). The van der Waals surface area contributed by atoms with Gasteiger partial charge < -0.3 is 14.7 Å². The van der Waals surface area contributed by atoms with E-state index in [9.17, 15) is 14.0 Å². The summed E-state index contributed by atoms with van der Waals surface area (Å²) in [7, 11) is 0. The van der Waals surface area contributed by atoms with Crippen LogP contribution in [0.25, 0.3) is 5.69 Å². The van der Waals surface area contributed by atoms with Gasteiger partial charge in [-0.25, -0.2) is 4.39 Å². The summed E-state index contributed by atoms with van der Waals surface area (Å²) in [6.07, 6.45) is 3.32. The summed E-state index contributed by atoms with van der Waals surface area (Å²) in [6.45, 7) is 3.24. The molecule has 1 aromatic carbocycles. The van der Waals surface area contributed by atoms with Crippen molar-refractivity contribution in [3.8, 4) is 5.69 Å². The van der Waals surface area contributed by atoms with E-state index in [2.05, 4.69) is 10.5 Å². The molecular formula is C17H16FN3O3. The van der Waals surface area contributed by atoms with Crippen LogP contribution in [0.4, 0.5) is 4.39 Å². The van der Waals surface area contributed by atoms with Gasteiger partial charge in [0.1, 0.15) is 5.82 Å². The van der Waals surface area contributed by atoms with Crippen LogP contribution in [0.5, 0.6) is 0 Å². The molecule has 1 aromatic heterocycles. The zero-order valence-electron chi connectivity index (χ0n) is 13.2. The second-order valence-corrected chi connectivity index (χ2v) is 5.63. The summed E-state index contributed by atoms with van der Waals surface area (Å²) in [5, 5.41) is 6.61. The van der Waals surface area contributed by atoms with Gasteiger partial charge in [0, 0.05) is 30.4 Å². The number of hydrogen-bond donors (Lipinski definition) is 1. The third-order valence-electron chi connectivity index (χ3n) is 3.87. The first kappa shape index (κ1) is 15.9. The van der Waals surface area contributed by atoms with E-state index < -0.39 is 12.0 Å². The van der Waals surface area contributed by atoms with Crippen molar-refractivity contribution in [3.63, 3.8) is 0 Å². The van der Waals surface area contributed by atoms with Crippen molar-refractivity contribution in [2.24, 2.45) is 11.1 Å². The van der Waals surface area contributed by atoms with Crippen LogP contribution in [-0.2, 0) is 9.63 Å². The highest BCUT2D eigenvalue weighted by Crippen LogP contribution is 2.24. The Kier molecular flexibility index (Phi) is 4.16. The van der Waals surface area contributed by atoms with Gasteiger partial charge in [-0.15, -0.1) is 0 Å². The predicted octanol–water partition coefficient (Wildman–Crippen LogP) is 2.26. The number of carbonyl (C=O) groups is 2. The molecule has 0 radical (unpaired) electrons. The molecule has 2 aromatic rings. The second-order valence-electron chi connectivity index (χ2n) is 5.63. The molecule has 124 valence electrons. The van der Waals surface area contributed by atoms with Crippen molar-refractivity contribution in [2.75, 3.05) is 0 Å². The van der Waals surface area contributed by atoms with Gasteiger partial charge in [-0.3, -0.25) is 9.59 Å². The Morgan fingerprint density at radius 2 is 2.21 bits per heavy atom. The van der Waals surface area contributed by atoms with Gasteiger partial charge >= 0.3 is 0 Å². The Hall–Kier alpha value is -2.96. The number of aldehydes is 1. The number of carbonyl (C=O) groups excluding carboxylic acids is 2. The molecule has 0 aliphatic carbocycles. The SMILES string of the molecule is CC(=O)NC1ON=C(c2ccc(-n3ccc(C=O)c3)c(F)c2)C1C. The van der Waals surface area contributed by atoms with Gasteiger partial charge in [-0.2, -0.15) is 0 Å². The number of nitrogens with one attached hydrogen (secondary N) is 1. The third kappa shape index (κ3) is 2.92. The molecule has 0 saturated heterocycles. The van der Waals surface area contributed by atoms with Gasteiger partial charge in [-0.05, 0) is 18.2 Å². The molecular weight excluding hydrogens is 313 g/mol. The van der Waals surface area contributed by atoms with E-state index in [4.69, 9.17) is 4.84 Å². The molecule has 0 fully saturated rings. The normalized spacial score (nSPS) is 19.5. The Morgan fingerprint density at radius 1 is 1.42 bits per heavy atom. The van der Waals surface area contributed by atoms with Crippen LogP contribution in [0, 0.1) is 11.7 Å². The van der Waals surface area contributed by atoms with E-state index in [0.717, 1.165) is 0 Å². The van der Waals surface area contributed by atoms with Crippen molar-refractivity contribution in [2.45, 2.75) is 20.1 Å². The highest BCUT2D eigenvalue weighted by Gasteiger charge is 2.32. The fourth-order valence-electron chi connectivity index (χ4n) is 2.61. The first-order valence-electron chi connectivity index (χ1n) is 7.44. The molecule has 1 aliphatic rings. The lowest BCUT2D eigenvalue weighted by molar-refractivity contribution is -0.123. The van der Waals surface area contributed by atoms with E-state index in [0.29, 0.717) is 28.8 Å². The van der Waals surface area contributed by atoms with Crippen LogP contribution in [0.15, 0.2) is 41.8 Å². The number of rotatable bonds is 4. The van der Waals surface area contributed by atoms with Crippen LogP contribution >= 0.6 is 0 Å². The van der Waals surface area contributed by atoms with Crippen LogP contribution in [0.1, 0.15) is 29.8 Å². The van der Waals surface area contributed by atoms with Gasteiger partial charge in [0.2, 0.25) is 12.1 Å². The molecule has 3 rings (SSSR count). The topological polar surface area (TPSA) is 72.7 Å². The van der Waals surface area contributed by atoms with Crippen molar-refractivity contribution < 1.29 is 18.8 Å². The maximum atomic E-state index is 14.5. The number of benzene rings is 1. The minimum absolute atomic E-state index is 0.201. The first-order valence-corrected chi connectivity index (χ1v) is 7.44. The molecule has 6 nitrogen and oxygen atoms in total. The summed E-state index contributed by atoms with van der Waals surface area (Å²) in [4.78, 5) is 27.1. The highest BCUT2D eigenvalue weighted by atomic mass is 19.1. The van der Waals surface area contributed by atoms with Gasteiger partial charge in [0.25, 0.3) is 0 Å². The number of nitrogens with zero attached hydrogens (tertiary/aromatic N) is 2. The largest absolute Gasteiger partial charge is 0.370 e. The average Bonchev–Trinajstić information content (AvgIpc) is 3.15. The van der Waals surface area contributed by atoms with E-state index in [1.54, 1.807) is 35.2 Å². The predicted molar refractivity (Wildman–Crippen MR) is 85.5 cm³/mol. The number of hydrogen-bond acceptors (Lipinski definition) is 4. The maximum Gasteiger partial charge on any atom is 0.219 e. The zero-order chi connectivity index (χ0) is 17.3. The highest BCUT2D eigenvalue weighted by molar-refractivity contribution is 6.03. The minimum Gasteiger partial charge on any atom is -0.370 e. The smallest absolute Gasteiger partial charge is 0.219 e. The van der Waals surface area contributed by atoms with Crippen LogP contribution in [0.2, 0.25) is 0 Å². The van der Waals surface area contributed by atoms with Crippen molar-refractivity contribution >= 4 is 17.9 Å². The Balaban J connectivity index is 1.85. The van der Waals surface area contributed by atoms with Crippen LogP contribution < -0.4 is 5.32 Å². The molecule has 24 heavy (non-hydrogen) atoms.